The zero-order chi connectivity index (χ0) is 21.9. The Balaban J connectivity index is 0.000000391. The van der Waals surface area contributed by atoms with Crippen molar-refractivity contribution in [3.8, 4) is 23.0 Å². The van der Waals surface area contributed by atoms with Crippen LogP contribution in [0, 0.1) is 6.92 Å². The molecule has 0 aliphatic carbocycles. The quantitative estimate of drug-likeness (QED) is 0.682. The highest BCUT2D eigenvalue weighted by Crippen LogP contribution is 2.33. The Morgan fingerprint density at radius 2 is 1.65 bits per heavy atom. The van der Waals surface area contributed by atoms with Gasteiger partial charge in [-0.05, 0) is 64.2 Å². The summed E-state index contributed by atoms with van der Waals surface area (Å²) in [5.41, 5.74) is 1.17. The van der Waals surface area contributed by atoms with Gasteiger partial charge in [-0.2, -0.15) is 0 Å². The van der Waals surface area contributed by atoms with Crippen LogP contribution in [-0.2, 0) is 4.79 Å². The molecule has 1 N–H and O–H groups in total. The molecule has 31 heavy (non-hydrogen) atoms. The molecule has 0 atom stereocenters. The van der Waals surface area contributed by atoms with Crippen molar-refractivity contribution in [3.63, 3.8) is 0 Å². The molecule has 4 rings (SSSR count). The van der Waals surface area contributed by atoms with Crippen LogP contribution in [0.15, 0.2) is 42.5 Å². The van der Waals surface area contributed by atoms with E-state index in [9.17, 15) is 4.79 Å². The summed E-state index contributed by atoms with van der Waals surface area (Å²) >= 11 is 0. The molecule has 0 unspecified atom stereocenters. The lowest BCUT2D eigenvalue weighted by Crippen LogP contribution is -2.28. The number of amides is 1. The Morgan fingerprint density at radius 1 is 0.968 bits per heavy atom. The van der Waals surface area contributed by atoms with Gasteiger partial charge in [0, 0.05) is 6.07 Å². The van der Waals surface area contributed by atoms with Gasteiger partial charge in [0.1, 0.15) is 24.7 Å². The van der Waals surface area contributed by atoms with Gasteiger partial charge in [-0.25, -0.2) is 0 Å². The van der Waals surface area contributed by atoms with E-state index in [1.807, 2.05) is 31.2 Å². The minimum atomic E-state index is -0.135. The fourth-order valence-electron chi connectivity index (χ4n) is 3.17. The molecule has 0 radical (unpaired) electrons. The molecule has 0 saturated carbocycles. The van der Waals surface area contributed by atoms with Crippen molar-refractivity contribution < 1.29 is 23.7 Å². The third kappa shape index (κ3) is 8.02. The normalized spacial score (nSPS) is 14.9. The first kappa shape index (κ1) is 22.7. The molecule has 0 aromatic heterocycles. The molecule has 1 fully saturated rings. The van der Waals surface area contributed by atoms with E-state index in [0.717, 1.165) is 5.75 Å². The molecule has 0 bridgehead atoms. The number of nitrogens with zero attached hydrogens (tertiary/aromatic N) is 1. The molecule has 2 heterocycles. The van der Waals surface area contributed by atoms with E-state index in [2.05, 4.69) is 17.3 Å². The molecule has 0 spiro atoms. The van der Waals surface area contributed by atoms with Crippen LogP contribution in [0.25, 0.3) is 0 Å². The first-order valence-electron chi connectivity index (χ1n) is 10.8. The van der Waals surface area contributed by atoms with E-state index in [0.29, 0.717) is 37.1 Å². The molecular weight excluding hydrogens is 396 g/mol. The van der Waals surface area contributed by atoms with Gasteiger partial charge in [-0.1, -0.05) is 17.7 Å². The number of carbonyl (C=O) groups excluding carboxylic acids is 1. The van der Waals surface area contributed by atoms with Crippen molar-refractivity contribution in [3.05, 3.63) is 48.0 Å². The van der Waals surface area contributed by atoms with Gasteiger partial charge in [-0.15, -0.1) is 0 Å². The third-order valence-electron chi connectivity index (χ3n) is 4.97. The maximum absolute atomic E-state index is 11.8. The van der Waals surface area contributed by atoms with E-state index >= 15 is 0 Å². The van der Waals surface area contributed by atoms with Gasteiger partial charge in [0.05, 0.1) is 13.0 Å². The highest BCUT2D eigenvalue weighted by atomic mass is 16.6. The summed E-state index contributed by atoms with van der Waals surface area (Å²) in [6.45, 7) is 6.13. The minimum Gasteiger partial charge on any atom is -0.493 e. The van der Waals surface area contributed by atoms with Crippen molar-refractivity contribution >= 4 is 5.91 Å². The SMILES string of the molecule is CN1CCCC1.Cc1ccc(OCCC(=O)NCOc2ccc3c(c2)OCCO3)cc1. The largest absolute Gasteiger partial charge is 0.493 e. The molecule has 168 valence electrons. The summed E-state index contributed by atoms with van der Waals surface area (Å²) in [6.07, 6.45) is 3.09. The monoisotopic (exact) mass is 428 g/mol. The van der Waals surface area contributed by atoms with E-state index in [1.54, 1.807) is 18.2 Å². The van der Waals surface area contributed by atoms with Gasteiger partial charge in [0.2, 0.25) is 5.91 Å². The van der Waals surface area contributed by atoms with Gasteiger partial charge in [-0.3, -0.25) is 4.79 Å². The summed E-state index contributed by atoms with van der Waals surface area (Å²) in [5.74, 6) is 2.59. The highest BCUT2D eigenvalue weighted by Gasteiger charge is 2.12. The van der Waals surface area contributed by atoms with Gasteiger partial charge < -0.3 is 29.2 Å². The van der Waals surface area contributed by atoms with Crippen LogP contribution in [-0.4, -0.2) is 57.5 Å². The predicted octanol–water partition coefficient (Wildman–Crippen LogP) is 3.40. The number of rotatable bonds is 7. The number of hydrogen-bond donors (Lipinski definition) is 1. The first-order chi connectivity index (χ1) is 15.1. The predicted molar refractivity (Wildman–Crippen MR) is 119 cm³/mol. The fourth-order valence-corrected chi connectivity index (χ4v) is 3.17. The molecular formula is C24H32N2O5. The standard InChI is InChI=1S/C19H21NO5.C5H11N/c1-14-2-4-15(5-3-14)22-9-8-19(21)20-13-25-16-6-7-17-18(12-16)24-11-10-23-17;1-6-4-2-3-5-6/h2-7,12H,8-11,13H2,1H3,(H,20,21);2-5H2,1H3. The topological polar surface area (TPSA) is 69.3 Å². The summed E-state index contributed by atoms with van der Waals surface area (Å²) in [4.78, 5) is 14.2. The third-order valence-corrected chi connectivity index (χ3v) is 4.97. The second-order valence-electron chi connectivity index (χ2n) is 7.62. The van der Waals surface area contributed by atoms with Crippen molar-refractivity contribution in [2.45, 2.75) is 26.2 Å². The van der Waals surface area contributed by atoms with Crippen molar-refractivity contribution in [1.82, 2.24) is 10.2 Å². The van der Waals surface area contributed by atoms with Crippen LogP contribution < -0.4 is 24.3 Å². The van der Waals surface area contributed by atoms with Crippen molar-refractivity contribution in [1.29, 1.82) is 0 Å². The number of benzene rings is 2. The second kappa shape index (κ2) is 12.1. The number of ether oxygens (including phenoxy) is 4. The zero-order valence-corrected chi connectivity index (χ0v) is 18.4. The Morgan fingerprint density at radius 3 is 2.32 bits per heavy atom. The van der Waals surface area contributed by atoms with Crippen LogP contribution in [0.3, 0.4) is 0 Å². The summed E-state index contributed by atoms with van der Waals surface area (Å²) in [6, 6.07) is 13.0. The molecule has 2 aromatic carbocycles. The van der Waals surface area contributed by atoms with Gasteiger partial charge >= 0.3 is 0 Å². The van der Waals surface area contributed by atoms with E-state index in [4.69, 9.17) is 18.9 Å². The number of aryl methyl sites for hydroxylation is 1. The van der Waals surface area contributed by atoms with E-state index in [1.165, 1.54) is 31.5 Å². The lowest BCUT2D eigenvalue weighted by atomic mass is 10.2. The zero-order valence-electron chi connectivity index (χ0n) is 18.4. The second-order valence-corrected chi connectivity index (χ2v) is 7.62. The maximum Gasteiger partial charge on any atom is 0.226 e. The Bertz CT molecular complexity index is 819. The molecule has 1 amide bonds. The lowest BCUT2D eigenvalue weighted by molar-refractivity contribution is -0.122. The first-order valence-corrected chi connectivity index (χ1v) is 10.8. The van der Waals surface area contributed by atoms with Crippen LogP contribution in [0.4, 0.5) is 0 Å². The number of carbonyl (C=O) groups is 1. The van der Waals surface area contributed by atoms with Gasteiger partial charge in [0.25, 0.3) is 0 Å². The highest BCUT2D eigenvalue weighted by molar-refractivity contribution is 5.75. The number of nitrogens with one attached hydrogen (secondary N) is 1. The van der Waals surface area contributed by atoms with E-state index in [-0.39, 0.29) is 19.1 Å². The average Bonchev–Trinajstić information content (AvgIpc) is 3.26. The smallest absolute Gasteiger partial charge is 0.226 e. The van der Waals surface area contributed by atoms with Crippen molar-refractivity contribution in [2.24, 2.45) is 0 Å². The Kier molecular flexibility index (Phi) is 8.84. The Labute approximate surface area is 184 Å². The number of likely N-dealkylation sites (tertiary alicyclic amines) is 1. The molecule has 1 saturated heterocycles. The van der Waals surface area contributed by atoms with E-state index < -0.39 is 0 Å². The number of hydrogen-bond acceptors (Lipinski definition) is 6. The molecule has 2 aliphatic rings. The summed E-state index contributed by atoms with van der Waals surface area (Å²) in [7, 11) is 2.17. The average molecular weight is 429 g/mol. The molecule has 2 aliphatic heterocycles. The van der Waals surface area contributed by atoms with Crippen LogP contribution >= 0.6 is 0 Å². The molecule has 2 aromatic rings. The Hall–Kier alpha value is -2.93. The van der Waals surface area contributed by atoms with Crippen molar-refractivity contribution in [2.75, 3.05) is 46.7 Å². The minimum absolute atomic E-state index is 0.0863. The number of fused-ring (bicyclic) bond motifs is 1. The summed E-state index contributed by atoms with van der Waals surface area (Å²) < 4.78 is 22.0. The van der Waals surface area contributed by atoms with Crippen LogP contribution in [0.5, 0.6) is 23.0 Å². The lowest BCUT2D eigenvalue weighted by Gasteiger charge is -2.19. The van der Waals surface area contributed by atoms with Gasteiger partial charge in [0.15, 0.2) is 18.2 Å². The fraction of sp³-hybridized carbons (Fsp3) is 0.458. The molecule has 7 nitrogen and oxygen atoms in total. The summed E-state index contributed by atoms with van der Waals surface area (Å²) in [5, 5.41) is 2.69. The molecule has 7 heteroatoms. The maximum atomic E-state index is 11.8. The van der Waals surface area contributed by atoms with Crippen LogP contribution in [0.2, 0.25) is 0 Å². The van der Waals surface area contributed by atoms with Crippen LogP contribution in [0.1, 0.15) is 24.8 Å².